The third-order valence-electron chi connectivity index (χ3n) is 6.60. The minimum absolute atomic E-state index is 0.0439. The van der Waals surface area contributed by atoms with Crippen LogP contribution in [-0.4, -0.2) is 69.5 Å². The first kappa shape index (κ1) is 24.1. The Labute approximate surface area is 201 Å². The first-order valence-corrected chi connectivity index (χ1v) is 12.0. The fraction of sp³-hybridized carbons (Fsp3) is 0.577. The maximum Gasteiger partial charge on any atom is 0.410 e. The number of likely N-dealkylation sites (tertiary alicyclic amines) is 2. The Morgan fingerprint density at radius 2 is 1.76 bits per heavy atom. The summed E-state index contributed by atoms with van der Waals surface area (Å²) in [5, 5.41) is 3.92. The first-order valence-electron chi connectivity index (χ1n) is 12.0. The van der Waals surface area contributed by atoms with Gasteiger partial charge in [-0.15, -0.1) is 0 Å². The third kappa shape index (κ3) is 4.76. The van der Waals surface area contributed by atoms with Crippen LogP contribution in [0, 0.1) is 5.41 Å². The van der Waals surface area contributed by atoms with Crippen LogP contribution in [0.2, 0.25) is 0 Å². The topological polar surface area (TPSA) is 94.7 Å². The monoisotopic (exact) mass is 468 g/mol. The zero-order valence-corrected chi connectivity index (χ0v) is 21.0. The van der Waals surface area contributed by atoms with E-state index in [0.717, 1.165) is 23.7 Å². The second-order valence-electron chi connectivity index (χ2n) is 11.5. The van der Waals surface area contributed by atoms with Crippen molar-refractivity contribution in [2.24, 2.45) is 5.41 Å². The maximum atomic E-state index is 13.6. The number of fused-ring (bicyclic) bond motifs is 2. The van der Waals surface area contributed by atoms with Gasteiger partial charge in [-0.1, -0.05) is 39.0 Å². The van der Waals surface area contributed by atoms with E-state index >= 15 is 0 Å². The van der Waals surface area contributed by atoms with Crippen LogP contribution in [-0.2, 0) is 9.53 Å². The van der Waals surface area contributed by atoms with Crippen LogP contribution in [0.3, 0.4) is 0 Å². The lowest BCUT2D eigenvalue weighted by molar-refractivity contribution is -0.153. The van der Waals surface area contributed by atoms with Crippen LogP contribution in [0.4, 0.5) is 4.79 Å². The van der Waals surface area contributed by atoms with Crippen molar-refractivity contribution < 1.29 is 19.1 Å². The number of amides is 3. The zero-order chi connectivity index (χ0) is 24.8. The molecular weight excluding hydrogens is 432 g/mol. The van der Waals surface area contributed by atoms with E-state index in [1.54, 1.807) is 11.0 Å². The average molecular weight is 469 g/mol. The summed E-state index contributed by atoms with van der Waals surface area (Å²) < 4.78 is 5.58. The summed E-state index contributed by atoms with van der Waals surface area (Å²) in [6.45, 7) is 12.5. The minimum Gasteiger partial charge on any atom is -0.444 e. The van der Waals surface area contributed by atoms with Crippen LogP contribution < -0.4 is 5.32 Å². The number of carbonyl (C=O) groups is 3. The molecule has 1 aromatic carbocycles. The maximum absolute atomic E-state index is 13.6. The largest absolute Gasteiger partial charge is 0.444 e. The van der Waals surface area contributed by atoms with Crippen molar-refractivity contribution >= 4 is 28.8 Å². The number of rotatable bonds is 3. The lowest BCUT2D eigenvalue weighted by Gasteiger charge is -2.56. The van der Waals surface area contributed by atoms with Gasteiger partial charge in [0.1, 0.15) is 17.3 Å². The Morgan fingerprint density at radius 1 is 1.06 bits per heavy atom. The van der Waals surface area contributed by atoms with E-state index in [1.807, 2.05) is 70.7 Å². The van der Waals surface area contributed by atoms with Gasteiger partial charge < -0.3 is 24.8 Å². The van der Waals surface area contributed by atoms with Gasteiger partial charge >= 0.3 is 6.09 Å². The van der Waals surface area contributed by atoms with Gasteiger partial charge in [0.05, 0.1) is 12.1 Å². The summed E-state index contributed by atoms with van der Waals surface area (Å²) in [4.78, 5) is 46.1. The van der Waals surface area contributed by atoms with E-state index in [9.17, 15) is 14.4 Å². The molecule has 34 heavy (non-hydrogen) atoms. The predicted octanol–water partition coefficient (Wildman–Crippen LogP) is 3.92. The molecule has 0 spiro atoms. The normalized spacial score (nSPS) is 21.5. The Hall–Kier alpha value is -3.03. The smallest absolute Gasteiger partial charge is 0.410 e. The zero-order valence-electron chi connectivity index (χ0n) is 21.0. The molecule has 0 radical (unpaired) electrons. The van der Waals surface area contributed by atoms with Gasteiger partial charge in [-0.25, -0.2) is 4.79 Å². The molecule has 3 atom stereocenters. The number of carbonyl (C=O) groups excluding carboxylic acids is 3. The van der Waals surface area contributed by atoms with Crippen molar-refractivity contribution in [1.29, 1.82) is 0 Å². The van der Waals surface area contributed by atoms with Gasteiger partial charge in [-0.3, -0.25) is 9.59 Å². The fourth-order valence-corrected chi connectivity index (χ4v) is 4.84. The molecule has 1 unspecified atom stereocenters. The standard InChI is InChI=1S/C26H36N4O4/c1-25(2,3)21(28-22(31)18-14-16-10-7-8-11-17(16)27-18)23(32)30-15-20-19(30)12-9-13-29(20)24(33)34-26(4,5)6/h7-8,10-11,14,19-21,27H,9,12-13,15H2,1-6H3,(H,28,31)/t19?,20-,21-/m1/s1. The molecule has 1 aromatic heterocycles. The van der Waals surface area contributed by atoms with E-state index in [-0.39, 0.29) is 30.0 Å². The molecule has 4 rings (SSSR count). The second kappa shape index (κ2) is 8.64. The summed E-state index contributed by atoms with van der Waals surface area (Å²) >= 11 is 0. The summed E-state index contributed by atoms with van der Waals surface area (Å²) in [5.74, 6) is -0.412. The third-order valence-corrected chi connectivity index (χ3v) is 6.60. The van der Waals surface area contributed by atoms with E-state index in [0.29, 0.717) is 18.8 Å². The first-order chi connectivity index (χ1) is 15.8. The molecule has 2 saturated heterocycles. The van der Waals surface area contributed by atoms with Crippen LogP contribution in [0.5, 0.6) is 0 Å². The highest BCUT2D eigenvalue weighted by atomic mass is 16.6. The summed E-state index contributed by atoms with van der Waals surface area (Å²) in [6.07, 6.45) is 1.32. The van der Waals surface area contributed by atoms with Gasteiger partial charge in [0, 0.05) is 24.0 Å². The molecule has 184 valence electrons. The minimum atomic E-state index is -0.690. The number of ether oxygens (including phenoxy) is 1. The number of hydrogen-bond donors (Lipinski definition) is 2. The number of aromatic amines is 1. The van der Waals surface area contributed by atoms with Gasteiger partial charge in [0.15, 0.2) is 0 Å². The lowest BCUT2D eigenvalue weighted by atomic mass is 9.81. The molecule has 2 aliphatic heterocycles. The molecule has 3 amide bonds. The number of nitrogens with one attached hydrogen (secondary N) is 2. The van der Waals surface area contributed by atoms with Crippen LogP contribution >= 0.6 is 0 Å². The van der Waals surface area contributed by atoms with Gasteiger partial charge in [-0.05, 0) is 51.2 Å². The second-order valence-corrected chi connectivity index (χ2v) is 11.5. The summed E-state index contributed by atoms with van der Waals surface area (Å²) in [6, 6.07) is 8.70. The number of aromatic nitrogens is 1. The van der Waals surface area contributed by atoms with Crippen molar-refractivity contribution in [1.82, 2.24) is 20.1 Å². The SMILES string of the molecule is CC(C)(C)OC(=O)N1CCCC2[C@H]1CN2C(=O)[C@@H](NC(=O)c1cc2ccccc2[nH]1)C(C)(C)C. The summed E-state index contributed by atoms with van der Waals surface area (Å²) in [5.41, 5.74) is 0.261. The molecule has 8 heteroatoms. The van der Waals surface area contributed by atoms with Crippen molar-refractivity contribution in [2.75, 3.05) is 13.1 Å². The number of H-pyrrole nitrogens is 1. The van der Waals surface area contributed by atoms with Crippen LogP contribution in [0.25, 0.3) is 10.9 Å². The lowest BCUT2D eigenvalue weighted by Crippen LogP contribution is -2.73. The number of hydrogen-bond acceptors (Lipinski definition) is 4. The highest BCUT2D eigenvalue weighted by Crippen LogP contribution is 2.35. The van der Waals surface area contributed by atoms with Crippen LogP contribution in [0.1, 0.15) is 64.9 Å². The molecular formula is C26H36N4O4. The molecule has 0 aliphatic carbocycles. The fourth-order valence-electron chi connectivity index (χ4n) is 4.84. The van der Waals surface area contributed by atoms with Gasteiger partial charge in [0.2, 0.25) is 5.91 Å². The Balaban J connectivity index is 1.47. The molecule has 2 N–H and O–H groups in total. The van der Waals surface area contributed by atoms with E-state index in [2.05, 4.69) is 10.3 Å². The van der Waals surface area contributed by atoms with Gasteiger partial charge in [-0.2, -0.15) is 0 Å². The van der Waals surface area contributed by atoms with Crippen molar-refractivity contribution in [3.63, 3.8) is 0 Å². The molecule has 2 aliphatic rings. The van der Waals surface area contributed by atoms with Crippen molar-refractivity contribution in [3.8, 4) is 0 Å². The molecule has 0 saturated carbocycles. The number of benzene rings is 1. The number of nitrogens with zero attached hydrogens (tertiary/aromatic N) is 2. The molecule has 0 bridgehead atoms. The van der Waals surface area contributed by atoms with E-state index in [4.69, 9.17) is 4.74 Å². The molecule has 2 fully saturated rings. The van der Waals surface area contributed by atoms with Gasteiger partial charge in [0.25, 0.3) is 5.91 Å². The van der Waals surface area contributed by atoms with Crippen molar-refractivity contribution in [3.05, 3.63) is 36.0 Å². The van der Waals surface area contributed by atoms with E-state index in [1.165, 1.54) is 0 Å². The predicted molar refractivity (Wildman–Crippen MR) is 130 cm³/mol. The molecule has 3 heterocycles. The highest BCUT2D eigenvalue weighted by molar-refractivity contribution is 6.00. The summed E-state index contributed by atoms with van der Waals surface area (Å²) in [7, 11) is 0. The highest BCUT2D eigenvalue weighted by Gasteiger charge is 2.51. The van der Waals surface area contributed by atoms with Crippen LogP contribution in [0.15, 0.2) is 30.3 Å². The Kier molecular flexibility index (Phi) is 6.12. The number of piperidine rings is 1. The van der Waals surface area contributed by atoms with Crippen molar-refractivity contribution in [2.45, 2.75) is 78.1 Å². The number of para-hydroxylation sites is 1. The quantitative estimate of drug-likeness (QED) is 0.714. The molecule has 2 aromatic rings. The molecule has 8 nitrogen and oxygen atoms in total. The Bertz CT molecular complexity index is 1060. The van der Waals surface area contributed by atoms with E-state index < -0.39 is 17.1 Å². The average Bonchev–Trinajstić information content (AvgIpc) is 3.14. The Morgan fingerprint density at radius 3 is 2.41 bits per heavy atom.